The lowest BCUT2D eigenvalue weighted by Crippen LogP contribution is -2.14. The Kier molecular flexibility index (Phi) is 8.19. The predicted molar refractivity (Wildman–Crippen MR) is 95.1 cm³/mol. The molecule has 0 heterocycles. The van der Waals surface area contributed by atoms with E-state index < -0.39 is 36.2 Å². The van der Waals surface area contributed by atoms with Crippen LogP contribution in [0.1, 0.15) is 49.0 Å². The Morgan fingerprint density at radius 2 is 1.81 bits per heavy atom. The number of aliphatic carboxylic acids is 1. The van der Waals surface area contributed by atoms with Crippen molar-refractivity contribution in [1.29, 1.82) is 0 Å². The third-order valence-corrected chi connectivity index (χ3v) is 3.59. The van der Waals surface area contributed by atoms with Gasteiger partial charge in [-0.3, -0.25) is 14.4 Å². The topological polar surface area (TPSA) is 116 Å². The highest BCUT2D eigenvalue weighted by Crippen LogP contribution is 2.39. The van der Waals surface area contributed by atoms with Gasteiger partial charge in [0, 0.05) is 37.0 Å². The zero-order chi connectivity index (χ0) is 20.6. The van der Waals surface area contributed by atoms with Crippen molar-refractivity contribution in [1.82, 2.24) is 0 Å². The minimum absolute atomic E-state index is 0.107. The molecule has 8 heteroatoms. The van der Waals surface area contributed by atoms with Gasteiger partial charge in [-0.25, -0.2) is 4.79 Å². The highest BCUT2D eigenvalue weighted by Gasteiger charge is 2.22. The van der Waals surface area contributed by atoms with Crippen molar-refractivity contribution in [3.8, 4) is 11.5 Å². The Hall–Kier alpha value is -3.16. The van der Waals surface area contributed by atoms with Gasteiger partial charge in [0.15, 0.2) is 23.9 Å². The lowest BCUT2D eigenvalue weighted by molar-refractivity contribution is -0.140. The van der Waals surface area contributed by atoms with Gasteiger partial charge >= 0.3 is 17.9 Å². The number of hydrogen-bond acceptors (Lipinski definition) is 7. The van der Waals surface area contributed by atoms with E-state index in [9.17, 15) is 19.2 Å². The fourth-order valence-corrected chi connectivity index (χ4v) is 2.37. The number of ketones is 1. The van der Waals surface area contributed by atoms with Crippen LogP contribution in [0.15, 0.2) is 24.3 Å². The van der Waals surface area contributed by atoms with Crippen LogP contribution in [0.2, 0.25) is 0 Å². The summed E-state index contributed by atoms with van der Waals surface area (Å²) in [6.07, 6.45) is 2.89. The van der Waals surface area contributed by atoms with Gasteiger partial charge in [0.25, 0.3) is 0 Å². The summed E-state index contributed by atoms with van der Waals surface area (Å²) in [6, 6.07) is 2.86. The number of methoxy groups -OCH3 is 1. The van der Waals surface area contributed by atoms with Crippen molar-refractivity contribution in [2.45, 2.75) is 33.1 Å². The van der Waals surface area contributed by atoms with E-state index in [-0.39, 0.29) is 17.1 Å². The number of carboxylic acid groups (broad SMARTS) is 1. The second kappa shape index (κ2) is 10.1. The van der Waals surface area contributed by atoms with E-state index in [0.29, 0.717) is 12.0 Å². The van der Waals surface area contributed by atoms with Gasteiger partial charge in [-0.15, -0.1) is 0 Å². The highest BCUT2D eigenvalue weighted by molar-refractivity contribution is 5.99. The maximum atomic E-state index is 12.3. The van der Waals surface area contributed by atoms with Crippen LogP contribution in [0.3, 0.4) is 0 Å². The average molecular weight is 378 g/mol. The molecule has 0 aliphatic rings. The standard InChI is InChI=1S/C19H22O8/c1-5-13(6-7-18(23)24)15-8-14(16(22)10-26-11(2)20)9-17(25-4)19(15)27-12(3)21/h6-9,13H,5,10H2,1-4H3,(H,23,24). The van der Waals surface area contributed by atoms with Crippen LogP contribution in [-0.2, 0) is 19.1 Å². The third kappa shape index (κ3) is 6.58. The Labute approximate surface area is 156 Å². The lowest BCUT2D eigenvalue weighted by Gasteiger charge is -2.19. The fourth-order valence-electron chi connectivity index (χ4n) is 2.37. The van der Waals surface area contributed by atoms with Gasteiger partial charge in [0.1, 0.15) is 0 Å². The number of esters is 2. The molecular weight excluding hydrogens is 356 g/mol. The first-order valence-corrected chi connectivity index (χ1v) is 8.17. The fraction of sp³-hybridized carbons (Fsp3) is 0.368. The number of carboxylic acids is 1. The van der Waals surface area contributed by atoms with Crippen molar-refractivity contribution in [3.05, 3.63) is 35.4 Å². The number of benzene rings is 1. The zero-order valence-electron chi connectivity index (χ0n) is 15.6. The summed E-state index contributed by atoms with van der Waals surface area (Å²) in [5.74, 6) is -3.00. The van der Waals surface area contributed by atoms with Gasteiger partial charge in [0.05, 0.1) is 7.11 Å². The number of carbonyl (C=O) groups is 4. The summed E-state index contributed by atoms with van der Waals surface area (Å²) in [4.78, 5) is 45.6. The van der Waals surface area contributed by atoms with E-state index in [1.54, 1.807) is 0 Å². The summed E-state index contributed by atoms with van der Waals surface area (Å²) in [6.45, 7) is 3.77. The maximum absolute atomic E-state index is 12.3. The molecule has 0 aromatic heterocycles. The predicted octanol–water partition coefficient (Wildman–Crippen LogP) is 2.50. The quantitative estimate of drug-likeness (QED) is 0.301. The van der Waals surface area contributed by atoms with Gasteiger partial charge in [-0.05, 0) is 18.6 Å². The minimum atomic E-state index is -1.13. The maximum Gasteiger partial charge on any atom is 0.327 e. The van der Waals surface area contributed by atoms with Crippen molar-refractivity contribution < 1.29 is 38.5 Å². The van der Waals surface area contributed by atoms with Gasteiger partial charge < -0.3 is 19.3 Å². The van der Waals surface area contributed by atoms with Crippen LogP contribution < -0.4 is 9.47 Å². The molecule has 0 amide bonds. The van der Waals surface area contributed by atoms with Crippen molar-refractivity contribution >= 4 is 23.7 Å². The number of ether oxygens (including phenoxy) is 3. The van der Waals surface area contributed by atoms with Crippen molar-refractivity contribution in [2.75, 3.05) is 13.7 Å². The van der Waals surface area contributed by atoms with Gasteiger partial charge in [-0.2, -0.15) is 0 Å². The first kappa shape index (κ1) is 21.9. The highest BCUT2D eigenvalue weighted by atomic mass is 16.6. The number of carbonyl (C=O) groups excluding carboxylic acids is 3. The molecule has 0 saturated heterocycles. The van der Waals surface area contributed by atoms with Crippen LogP contribution >= 0.6 is 0 Å². The molecule has 1 aromatic rings. The second-order valence-corrected chi connectivity index (χ2v) is 5.61. The van der Waals surface area contributed by atoms with Crippen LogP contribution in [0.5, 0.6) is 11.5 Å². The summed E-state index contributed by atoms with van der Waals surface area (Å²) in [7, 11) is 1.35. The zero-order valence-corrected chi connectivity index (χ0v) is 15.6. The van der Waals surface area contributed by atoms with Crippen LogP contribution in [0.4, 0.5) is 0 Å². The van der Waals surface area contributed by atoms with Crippen molar-refractivity contribution in [2.24, 2.45) is 0 Å². The van der Waals surface area contributed by atoms with Crippen molar-refractivity contribution in [3.63, 3.8) is 0 Å². The molecule has 1 aromatic carbocycles. The summed E-state index contributed by atoms with van der Waals surface area (Å²) >= 11 is 0. The molecule has 1 unspecified atom stereocenters. The Morgan fingerprint density at radius 3 is 2.30 bits per heavy atom. The minimum Gasteiger partial charge on any atom is -0.493 e. The molecule has 0 spiro atoms. The summed E-state index contributed by atoms with van der Waals surface area (Å²) in [5.41, 5.74) is 0.594. The molecule has 27 heavy (non-hydrogen) atoms. The number of rotatable bonds is 9. The van der Waals surface area contributed by atoms with Crippen LogP contribution in [-0.4, -0.2) is 42.5 Å². The number of hydrogen-bond donors (Lipinski definition) is 1. The molecule has 1 N–H and O–H groups in total. The normalized spacial score (nSPS) is 11.7. The Morgan fingerprint density at radius 1 is 1.15 bits per heavy atom. The molecule has 146 valence electrons. The molecule has 0 aliphatic carbocycles. The third-order valence-electron chi connectivity index (χ3n) is 3.59. The molecule has 1 atom stereocenters. The Bertz CT molecular complexity index is 763. The molecule has 0 aliphatic heterocycles. The second-order valence-electron chi connectivity index (χ2n) is 5.61. The first-order valence-electron chi connectivity index (χ1n) is 8.17. The largest absolute Gasteiger partial charge is 0.493 e. The molecule has 0 radical (unpaired) electrons. The van der Waals surface area contributed by atoms with E-state index >= 15 is 0 Å². The molecule has 0 bridgehead atoms. The van der Waals surface area contributed by atoms with E-state index in [2.05, 4.69) is 0 Å². The summed E-state index contributed by atoms with van der Waals surface area (Å²) < 4.78 is 15.2. The lowest BCUT2D eigenvalue weighted by atomic mass is 9.92. The molecule has 8 nitrogen and oxygen atoms in total. The van der Waals surface area contributed by atoms with Gasteiger partial charge in [0.2, 0.25) is 0 Å². The average Bonchev–Trinajstić information content (AvgIpc) is 2.60. The Balaban J connectivity index is 3.50. The number of Topliss-reactive ketones (excluding diaryl/α,β-unsaturated/α-hetero) is 1. The molecule has 0 saturated carbocycles. The molecule has 0 fully saturated rings. The first-order chi connectivity index (χ1) is 12.7. The van der Waals surface area contributed by atoms with E-state index in [0.717, 1.165) is 6.08 Å². The molecule has 1 rings (SSSR count). The van der Waals surface area contributed by atoms with Crippen LogP contribution in [0, 0.1) is 0 Å². The van der Waals surface area contributed by atoms with Gasteiger partial charge in [-0.1, -0.05) is 13.0 Å². The number of allylic oxidation sites excluding steroid dienone is 1. The van der Waals surface area contributed by atoms with E-state index in [1.165, 1.54) is 39.2 Å². The monoisotopic (exact) mass is 378 g/mol. The van der Waals surface area contributed by atoms with E-state index in [1.807, 2.05) is 6.92 Å². The summed E-state index contributed by atoms with van der Waals surface area (Å²) in [5, 5.41) is 8.89. The van der Waals surface area contributed by atoms with E-state index in [4.69, 9.17) is 19.3 Å². The van der Waals surface area contributed by atoms with Crippen LogP contribution in [0.25, 0.3) is 0 Å². The molecular formula is C19H22O8. The smallest absolute Gasteiger partial charge is 0.327 e. The SMILES string of the molecule is CCC(C=CC(=O)O)c1cc(C(=O)COC(C)=O)cc(OC)c1OC(C)=O.